The van der Waals surface area contributed by atoms with Crippen LogP contribution in [0.2, 0.25) is 0 Å². The highest BCUT2D eigenvalue weighted by Gasteiger charge is 1.98. The predicted molar refractivity (Wildman–Crippen MR) is 69.4 cm³/mol. The zero-order valence-electron chi connectivity index (χ0n) is 10.2. The van der Waals surface area contributed by atoms with Crippen LogP contribution in [0.3, 0.4) is 0 Å². The lowest BCUT2D eigenvalue weighted by Crippen LogP contribution is -2.24. The molecule has 1 amide bonds. The molecule has 0 rings (SSSR count). The molecule has 0 aliphatic rings. The van der Waals surface area contributed by atoms with E-state index in [9.17, 15) is 4.79 Å². The maximum Gasteiger partial charge on any atom is 0.220 e. The van der Waals surface area contributed by atoms with Crippen LogP contribution in [0.1, 0.15) is 51.9 Å². The second kappa shape index (κ2) is 11.9. The van der Waals surface area contributed by atoms with Crippen LogP contribution in [0.15, 0.2) is 0 Å². The lowest BCUT2D eigenvalue weighted by atomic mass is 10.1. The number of rotatable bonds is 10. The van der Waals surface area contributed by atoms with Gasteiger partial charge in [-0.05, 0) is 12.7 Å². The molecule has 2 nitrogen and oxygen atoms in total. The lowest BCUT2D eigenvalue weighted by molar-refractivity contribution is -0.120. The van der Waals surface area contributed by atoms with Gasteiger partial charge >= 0.3 is 0 Å². The van der Waals surface area contributed by atoms with Crippen molar-refractivity contribution in [2.75, 3.05) is 18.6 Å². The van der Waals surface area contributed by atoms with Crippen LogP contribution in [-0.4, -0.2) is 24.5 Å². The van der Waals surface area contributed by atoms with Gasteiger partial charge in [-0.3, -0.25) is 4.79 Å². The molecule has 0 aromatic carbocycles. The summed E-state index contributed by atoms with van der Waals surface area (Å²) in [5.41, 5.74) is 0. The minimum Gasteiger partial charge on any atom is -0.356 e. The standard InChI is InChI=1S/C12H25NOS/c1-3-4-5-6-7-8-10-13-12(14)9-11-15-2/h3-11H2,1-2H3,(H,13,14). The van der Waals surface area contributed by atoms with Crippen molar-refractivity contribution in [3.63, 3.8) is 0 Å². The first-order chi connectivity index (χ1) is 7.31. The molecule has 0 atom stereocenters. The molecule has 1 N–H and O–H groups in total. The molecule has 0 aliphatic carbocycles. The molecule has 0 bridgehead atoms. The summed E-state index contributed by atoms with van der Waals surface area (Å²) in [6.07, 6.45) is 10.4. The first kappa shape index (κ1) is 14.8. The molecular weight excluding hydrogens is 206 g/mol. The van der Waals surface area contributed by atoms with Gasteiger partial charge in [0.15, 0.2) is 0 Å². The van der Waals surface area contributed by atoms with Gasteiger partial charge in [0.05, 0.1) is 0 Å². The average Bonchev–Trinajstić information content (AvgIpc) is 2.25. The van der Waals surface area contributed by atoms with Crippen LogP contribution in [0, 0.1) is 0 Å². The Bertz CT molecular complexity index is 151. The molecule has 0 unspecified atom stereocenters. The van der Waals surface area contributed by atoms with Crippen molar-refractivity contribution in [1.82, 2.24) is 5.32 Å². The molecule has 0 aromatic heterocycles. The van der Waals surface area contributed by atoms with Gasteiger partial charge in [0.25, 0.3) is 0 Å². The van der Waals surface area contributed by atoms with Crippen LogP contribution in [0.4, 0.5) is 0 Å². The van der Waals surface area contributed by atoms with Crippen LogP contribution in [0.25, 0.3) is 0 Å². The van der Waals surface area contributed by atoms with Crippen molar-refractivity contribution in [3.05, 3.63) is 0 Å². The van der Waals surface area contributed by atoms with Crippen molar-refractivity contribution in [2.24, 2.45) is 0 Å². The van der Waals surface area contributed by atoms with Gasteiger partial charge in [-0.1, -0.05) is 39.0 Å². The van der Waals surface area contributed by atoms with Gasteiger partial charge in [0.1, 0.15) is 0 Å². The Kier molecular flexibility index (Phi) is 11.7. The number of carbonyl (C=O) groups is 1. The molecule has 0 fully saturated rings. The Balaban J connectivity index is 3.06. The van der Waals surface area contributed by atoms with E-state index in [0.29, 0.717) is 6.42 Å². The topological polar surface area (TPSA) is 29.1 Å². The van der Waals surface area contributed by atoms with Gasteiger partial charge < -0.3 is 5.32 Å². The van der Waals surface area contributed by atoms with E-state index in [-0.39, 0.29) is 5.91 Å². The SMILES string of the molecule is CCCCCCCCNC(=O)CCSC. The van der Waals surface area contributed by atoms with Gasteiger partial charge in [-0.2, -0.15) is 11.8 Å². The molecule has 0 aliphatic heterocycles. The van der Waals surface area contributed by atoms with Crippen molar-refractivity contribution in [3.8, 4) is 0 Å². The molecule has 3 heteroatoms. The van der Waals surface area contributed by atoms with Crippen molar-refractivity contribution in [1.29, 1.82) is 0 Å². The number of hydrogen-bond donors (Lipinski definition) is 1. The van der Waals surface area contributed by atoms with Gasteiger partial charge in [0, 0.05) is 18.7 Å². The maximum atomic E-state index is 11.2. The fraction of sp³-hybridized carbons (Fsp3) is 0.917. The molecule has 0 saturated carbocycles. The summed E-state index contributed by atoms with van der Waals surface area (Å²) in [5.74, 6) is 1.14. The predicted octanol–water partition coefficient (Wildman–Crippen LogP) is 3.22. The Morgan fingerprint density at radius 1 is 1.13 bits per heavy atom. The molecule has 15 heavy (non-hydrogen) atoms. The largest absolute Gasteiger partial charge is 0.356 e. The first-order valence-electron chi connectivity index (χ1n) is 6.07. The summed E-state index contributed by atoms with van der Waals surface area (Å²) in [6, 6.07) is 0. The van der Waals surface area contributed by atoms with E-state index >= 15 is 0 Å². The van der Waals surface area contributed by atoms with E-state index in [1.807, 2.05) is 6.26 Å². The van der Waals surface area contributed by atoms with Crippen molar-refractivity contribution >= 4 is 17.7 Å². The number of thioether (sulfide) groups is 1. The Morgan fingerprint density at radius 2 is 1.80 bits per heavy atom. The summed E-state index contributed by atoms with van der Waals surface area (Å²) in [7, 11) is 0. The Labute approximate surface area is 98.6 Å². The lowest BCUT2D eigenvalue weighted by Gasteiger charge is -2.04. The summed E-state index contributed by atoms with van der Waals surface area (Å²) < 4.78 is 0. The minimum absolute atomic E-state index is 0.206. The minimum atomic E-state index is 0.206. The monoisotopic (exact) mass is 231 g/mol. The van der Waals surface area contributed by atoms with E-state index in [4.69, 9.17) is 0 Å². The van der Waals surface area contributed by atoms with E-state index in [1.54, 1.807) is 11.8 Å². The van der Waals surface area contributed by atoms with Gasteiger partial charge in [0.2, 0.25) is 5.91 Å². The second-order valence-corrected chi connectivity index (χ2v) is 4.85. The van der Waals surface area contributed by atoms with Crippen LogP contribution in [-0.2, 0) is 4.79 Å². The third-order valence-corrected chi connectivity index (χ3v) is 3.00. The summed E-state index contributed by atoms with van der Waals surface area (Å²) in [4.78, 5) is 11.2. The highest BCUT2D eigenvalue weighted by Crippen LogP contribution is 2.04. The van der Waals surface area contributed by atoms with E-state index < -0.39 is 0 Å². The summed E-state index contributed by atoms with van der Waals surface area (Å²) >= 11 is 1.72. The molecule has 90 valence electrons. The molecule has 0 saturated heterocycles. The fourth-order valence-electron chi connectivity index (χ4n) is 1.42. The highest BCUT2D eigenvalue weighted by atomic mass is 32.2. The molecule has 0 spiro atoms. The van der Waals surface area contributed by atoms with E-state index in [2.05, 4.69) is 12.2 Å². The van der Waals surface area contributed by atoms with Crippen molar-refractivity contribution in [2.45, 2.75) is 51.9 Å². The Hall–Kier alpha value is -0.180. The van der Waals surface area contributed by atoms with E-state index in [0.717, 1.165) is 18.7 Å². The zero-order valence-corrected chi connectivity index (χ0v) is 11.0. The number of unbranched alkanes of at least 4 members (excludes halogenated alkanes) is 5. The molecule has 0 radical (unpaired) electrons. The Morgan fingerprint density at radius 3 is 2.47 bits per heavy atom. The zero-order chi connectivity index (χ0) is 11.4. The highest BCUT2D eigenvalue weighted by molar-refractivity contribution is 7.98. The summed E-state index contributed by atoms with van der Waals surface area (Å²) in [6.45, 7) is 3.09. The summed E-state index contributed by atoms with van der Waals surface area (Å²) in [5, 5.41) is 2.96. The third-order valence-electron chi connectivity index (χ3n) is 2.39. The van der Waals surface area contributed by atoms with Crippen LogP contribution in [0.5, 0.6) is 0 Å². The van der Waals surface area contributed by atoms with Crippen LogP contribution < -0.4 is 5.32 Å². The maximum absolute atomic E-state index is 11.2. The van der Waals surface area contributed by atoms with Crippen LogP contribution >= 0.6 is 11.8 Å². The first-order valence-corrected chi connectivity index (χ1v) is 7.46. The normalized spacial score (nSPS) is 10.3. The van der Waals surface area contributed by atoms with Gasteiger partial charge in [-0.15, -0.1) is 0 Å². The number of hydrogen-bond acceptors (Lipinski definition) is 2. The smallest absolute Gasteiger partial charge is 0.220 e. The van der Waals surface area contributed by atoms with Gasteiger partial charge in [-0.25, -0.2) is 0 Å². The quantitative estimate of drug-likeness (QED) is 0.585. The molecular formula is C12H25NOS. The number of carbonyl (C=O) groups excluding carboxylic acids is 1. The molecule has 0 aromatic rings. The average molecular weight is 231 g/mol. The second-order valence-electron chi connectivity index (χ2n) is 3.86. The fourth-order valence-corrected chi connectivity index (χ4v) is 1.81. The third kappa shape index (κ3) is 11.7. The number of nitrogens with one attached hydrogen (secondary N) is 1. The number of amides is 1. The van der Waals surface area contributed by atoms with Crippen molar-refractivity contribution < 1.29 is 4.79 Å². The van der Waals surface area contributed by atoms with E-state index in [1.165, 1.54) is 32.1 Å². The molecule has 0 heterocycles.